The van der Waals surface area contributed by atoms with E-state index in [1.165, 1.54) is 23.9 Å². The average molecular weight is 791 g/mol. The van der Waals surface area contributed by atoms with Gasteiger partial charge in [0.15, 0.2) is 0 Å². The normalized spacial score (nSPS) is 22.5. The second-order valence-electron chi connectivity index (χ2n) is 16.7. The van der Waals surface area contributed by atoms with Gasteiger partial charge < -0.3 is 35.8 Å². The minimum atomic E-state index is -2.88. The summed E-state index contributed by atoms with van der Waals surface area (Å²) < 4.78 is 33.7. The number of benzene rings is 1. The zero-order valence-corrected chi connectivity index (χ0v) is 33.0. The number of nitrogens with one attached hydrogen (secondary N) is 4. The number of likely N-dealkylation sites (tertiary alicyclic amines) is 1. The number of ketones is 1. The number of halogens is 2. The van der Waals surface area contributed by atoms with Crippen LogP contribution in [0, 0.1) is 23.2 Å². The van der Waals surface area contributed by atoms with E-state index in [2.05, 4.69) is 21.3 Å². The first kappa shape index (κ1) is 45.8. The van der Waals surface area contributed by atoms with Crippen molar-refractivity contribution in [1.29, 1.82) is 0 Å². The largest absolute Gasteiger partial charge is 0.444 e. The Kier molecular flexibility index (Phi) is 14.8. The van der Waals surface area contributed by atoms with E-state index >= 15 is 0 Å². The highest BCUT2D eigenvalue weighted by molar-refractivity contribution is 6.38. The molecular formula is C40H60F2N6O8. The second kappa shape index (κ2) is 18.1. The summed E-state index contributed by atoms with van der Waals surface area (Å²) in [6.07, 6.45) is -1.37. The van der Waals surface area contributed by atoms with Gasteiger partial charge >= 0.3 is 6.09 Å². The molecule has 3 aliphatic rings. The highest BCUT2D eigenvalue weighted by Gasteiger charge is 2.70. The zero-order valence-electron chi connectivity index (χ0n) is 33.0. The Hall–Kier alpha value is -4.63. The lowest BCUT2D eigenvalue weighted by molar-refractivity contribution is -0.145. The number of Topliss-reactive ketones (excluding diaryl/α,β-unsaturated/α-hetero) is 1. The molecule has 6 amide bonds. The number of fused-ring (bicyclic) bond motifs is 1. The Balaban J connectivity index is 0.00000841. The first-order valence-corrected chi connectivity index (χ1v) is 18.9. The van der Waals surface area contributed by atoms with Crippen LogP contribution in [0.15, 0.2) is 30.3 Å². The highest BCUT2D eigenvalue weighted by Crippen LogP contribution is 2.65. The Morgan fingerprint density at radius 1 is 0.964 bits per heavy atom. The molecule has 1 saturated heterocycles. The summed E-state index contributed by atoms with van der Waals surface area (Å²) in [6.45, 7) is 10.2. The maximum atomic E-state index is 14.3. The molecule has 0 aromatic heterocycles. The van der Waals surface area contributed by atoms with Crippen molar-refractivity contribution in [2.45, 2.75) is 123 Å². The Morgan fingerprint density at radius 3 is 2.12 bits per heavy atom. The molecule has 2 aliphatic carbocycles. The van der Waals surface area contributed by atoms with E-state index in [-0.39, 0.29) is 50.5 Å². The third kappa shape index (κ3) is 11.0. The van der Waals surface area contributed by atoms with E-state index in [4.69, 9.17) is 4.74 Å². The number of amides is 6. The molecule has 0 spiro atoms. The van der Waals surface area contributed by atoms with Crippen molar-refractivity contribution in [2.24, 2.45) is 23.2 Å². The highest BCUT2D eigenvalue weighted by atomic mass is 19.3. The van der Waals surface area contributed by atoms with Crippen LogP contribution in [0.2, 0.25) is 0 Å². The number of rotatable bonds is 14. The van der Waals surface area contributed by atoms with Gasteiger partial charge in [0, 0.05) is 33.5 Å². The van der Waals surface area contributed by atoms with Gasteiger partial charge in [-0.1, -0.05) is 65.0 Å². The molecule has 56 heavy (non-hydrogen) atoms. The van der Waals surface area contributed by atoms with Crippen molar-refractivity contribution in [3.63, 3.8) is 0 Å². The van der Waals surface area contributed by atoms with Crippen molar-refractivity contribution in [3.8, 4) is 0 Å². The molecular weight excluding hydrogens is 730 g/mol. The number of alkyl carbamates (subject to hydrolysis) is 1. The van der Waals surface area contributed by atoms with Gasteiger partial charge in [0.25, 0.3) is 5.91 Å². The van der Waals surface area contributed by atoms with Crippen LogP contribution in [0.1, 0.15) is 99.1 Å². The maximum Gasteiger partial charge on any atom is 0.408 e. The number of alkyl halides is 2. The Morgan fingerprint density at radius 2 is 1.57 bits per heavy atom. The van der Waals surface area contributed by atoms with Crippen LogP contribution < -0.4 is 21.3 Å². The molecule has 312 valence electrons. The summed E-state index contributed by atoms with van der Waals surface area (Å²) in [5.74, 6) is -8.41. The topological polar surface area (TPSA) is 183 Å². The fourth-order valence-corrected chi connectivity index (χ4v) is 7.83. The maximum absolute atomic E-state index is 14.3. The molecule has 6 atom stereocenters. The number of hydrogen-bond acceptors (Lipinski definition) is 8. The van der Waals surface area contributed by atoms with Crippen LogP contribution in [0.25, 0.3) is 0 Å². The number of hydrogen-bond donors (Lipinski definition) is 4. The zero-order chi connectivity index (χ0) is 41.0. The van der Waals surface area contributed by atoms with Crippen molar-refractivity contribution >= 4 is 41.4 Å². The average Bonchev–Trinajstić information content (AvgIpc) is 3.41. The molecule has 14 nitrogen and oxygen atoms in total. The van der Waals surface area contributed by atoms with E-state index in [9.17, 15) is 42.3 Å². The first-order valence-electron chi connectivity index (χ1n) is 18.9. The second-order valence-corrected chi connectivity index (χ2v) is 16.7. The SMILES string of the molecule is C.CCCC(NC(=O)[C@@H]1[C@@H]2[C@H](CN1C(=O)C(NC(=O)OC(C)(C)C)C1CCC(F)(F)CC1)C2(C)C)C(=O)C(=O)NCC(=O)N[C@H](C(=O)N(C)C)c1ccccc1. The van der Waals surface area contributed by atoms with Crippen LogP contribution in [0.5, 0.6) is 0 Å². The van der Waals surface area contributed by atoms with E-state index < -0.39 is 102 Å². The summed E-state index contributed by atoms with van der Waals surface area (Å²) in [5, 5.41) is 10.2. The predicted molar refractivity (Wildman–Crippen MR) is 204 cm³/mol. The molecule has 0 bridgehead atoms. The number of nitrogens with zero attached hydrogens (tertiary/aromatic N) is 2. The lowest BCUT2D eigenvalue weighted by Crippen LogP contribution is -2.60. The molecule has 4 rings (SSSR count). The van der Waals surface area contributed by atoms with Crippen molar-refractivity contribution in [2.75, 3.05) is 27.2 Å². The van der Waals surface area contributed by atoms with E-state index in [1.807, 2.05) is 13.8 Å². The van der Waals surface area contributed by atoms with Crippen molar-refractivity contribution in [3.05, 3.63) is 35.9 Å². The summed E-state index contributed by atoms with van der Waals surface area (Å²) in [5.41, 5.74) is -0.707. The van der Waals surface area contributed by atoms with Crippen LogP contribution in [-0.4, -0.2) is 108 Å². The monoisotopic (exact) mass is 790 g/mol. The van der Waals surface area contributed by atoms with Gasteiger partial charge in [0.05, 0.1) is 12.6 Å². The molecule has 16 heteroatoms. The van der Waals surface area contributed by atoms with Gasteiger partial charge in [0.2, 0.25) is 35.3 Å². The third-order valence-electron chi connectivity index (χ3n) is 10.9. The molecule has 2 saturated carbocycles. The summed E-state index contributed by atoms with van der Waals surface area (Å²) in [7, 11) is 3.08. The van der Waals surface area contributed by atoms with Gasteiger partial charge in [0.1, 0.15) is 23.7 Å². The lowest BCUT2D eigenvalue weighted by Gasteiger charge is -2.38. The number of likely N-dealkylation sites (N-methyl/N-ethyl adjacent to an activating group) is 1. The van der Waals surface area contributed by atoms with E-state index in [0.29, 0.717) is 12.0 Å². The van der Waals surface area contributed by atoms with Crippen molar-refractivity contribution in [1.82, 2.24) is 31.1 Å². The fraction of sp³-hybridized carbons (Fsp3) is 0.675. The van der Waals surface area contributed by atoms with Gasteiger partial charge in [-0.05, 0) is 68.8 Å². The minimum absolute atomic E-state index is 0. The van der Waals surface area contributed by atoms with Crippen LogP contribution in [0.4, 0.5) is 13.6 Å². The smallest absolute Gasteiger partial charge is 0.408 e. The summed E-state index contributed by atoms with van der Waals surface area (Å²) >= 11 is 0. The number of piperidine rings is 1. The quantitative estimate of drug-likeness (QED) is 0.206. The molecule has 1 aromatic carbocycles. The summed E-state index contributed by atoms with van der Waals surface area (Å²) in [6, 6.07) is 3.91. The van der Waals surface area contributed by atoms with Gasteiger partial charge in [-0.25, -0.2) is 13.6 Å². The van der Waals surface area contributed by atoms with Crippen LogP contribution >= 0.6 is 0 Å². The standard InChI is InChI=1S/C39H56F2N6O8.CH4/c1-9-13-25(31(49)33(51)42-20-26(48)44-28(34(52)46(7)8)22-14-11-10-12-15-22)43-32(50)30-27-24(38(27,5)6)21-47(30)35(53)29(45-36(54)55-37(2,3)4)23-16-18-39(40,41)19-17-23;/h10-12,14-15,23-25,27-30H,9,13,16-21H2,1-8H3,(H,42,51)(H,43,50)(H,44,48)(H,45,54);1H4/t24-,25?,27-,28-,29?,30-;/m0./s1. The van der Waals surface area contributed by atoms with Gasteiger partial charge in [-0.15, -0.1) is 0 Å². The van der Waals surface area contributed by atoms with E-state index in [1.54, 1.807) is 58.0 Å². The number of carbonyl (C=O) groups excluding carboxylic acids is 7. The van der Waals surface area contributed by atoms with Crippen LogP contribution in [-0.2, 0) is 33.5 Å². The minimum Gasteiger partial charge on any atom is -0.444 e. The first-order chi connectivity index (χ1) is 25.6. The molecule has 0 radical (unpaired) electrons. The molecule has 4 N–H and O–H groups in total. The Labute approximate surface area is 328 Å². The van der Waals surface area contributed by atoms with Gasteiger partial charge in [-0.2, -0.15) is 0 Å². The fourth-order valence-electron chi connectivity index (χ4n) is 7.83. The number of ether oxygens (including phenoxy) is 1. The lowest BCUT2D eigenvalue weighted by atomic mass is 9.81. The van der Waals surface area contributed by atoms with Gasteiger partial charge in [-0.3, -0.25) is 28.8 Å². The molecule has 1 aliphatic heterocycles. The number of carbonyl (C=O) groups is 7. The molecule has 1 heterocycles. The van der Waals surface area contributed by atoms with Crippen molar-refractivity contribution < 1.29 is 47.1 Å². The van der Waals surface area contributed by atoms with E-state index in [0.717, 1.165) is 0 Å². The predicted octanol–water partition coefficient (Wildman–Crippen LogP) is 3.74. The molecule has 2 unspecified atom stereocenters. The third-order valence-corrected chi connectivity index (χ3v) is 10.9. The Bertz CT molecular complexity index is 1620. The summed E-state index contributed by atoms with van der Waals surface area (Å²) in [4.78, 5) is 96.3. The molecule has 3 fully saturated rings. The molecule has 1 aromatic rings. The van der Waals surface area contributed by atoms with Crippen LogP contribution in [0.3, 0.4) is 0 Å².